The highest BCUT2D eigenvalue weighted by Crippen LogP contribution is 2.24. The lowest BCUT2D eigenvalue weighted by Crippen LogP contribution is -2.19. The number of aromatic hydroxyl groups is 1. The van der Waals surface area contributed by atoms with Crippen LogP contribution in [-0.2, 0) is 0 Å². The van der Waals surface area contributed by atoms with Crippen molar-refractivity contribution >= 4 is 0 Å². The number of hydrogen-bond acceptors (Lipinski definition) is 2. The second-order valence-electron chi connectivity index (χ2n) is 3.38. The van der Waals surface area contributed by atoms with Crippen LogP contribution in [0.25, 0.3) is 0 Å². The van der Waals surface area contributed by atoms with E-state index < -0.39 is 5.82 Å². The quantitative estimate of drug-likeness (QED) is 0.777. The molecule has 3 heteroatoms. The molecule has 0 heterocycles. The van der Waals surface area contributed by atoms with Crippen LogP contribution in [-0.4, -0.2) is 11.7 Å². The van der Waals surface area contributed by atoms with Crippen LogP contribution >= 0.6 is 0 Å². The van der Waals surface area contributed by atoms with Crippen molar-refractivity contribution in [2.24, 2.45) is 0 Å². The smallest absolute Gasteiger partial charge is 0.126 e. The molecule has 2 nitrogen and oxygen atoms in total. The topological polar surface area (TPSA) is 32.3 Å². The molecule has 0 saturated carbocycles. The Morgan fingerprint density at radius 3 is 2.79 bits per heavy atom. The fourth-order valence-corrected chi connectivity index (χ4v) is 1.35. The van der Waals surface area contributed by atoms with E-state index in [1.165, 1.54) is 6.07 Å². The minimum Gasteiger partial charge on any atom is -0.508 e. The van der Waals surface area contributed by atoms with E-state index in [9.17, 15) is 9.50 Å². The summed E-state index contributed by atoms with van der Waals surface area (Å²) in [7, 11) is 0. The summed E-state index contributed by atoms with van der Waals surface area (Å²) in [6, 6.07) is 4.16. The van der Waals surface area contributed by atoms with Crippen LogP contribution < -0.4 is 5.32 Å². The van der Waals surface area contributed by atoms with Gasteiger partial charge in [0, 0.05) is 17.7 Å². The first kappa shape index (κ1) is 11.0. The molecule has 1 unspecified atom stereocenters. The first-order valence-corrected chi connectivity index (χ1v) is 4.87. The van der Waals surface area contributed by atoms with Gasteiger partial charge in [0.05, 0.1) is 0 Å². The molecule has 0 spiro atoms. The first-order valence-electron chi connectivity index (χ1n) is 4.87. The minimum atomic E-state index is -0.408. The second kappa shape index (κ2) is 4.96. The molecule has 0 fully saturated rings. The lowest BCUT2D eigenvalue weighted by atomic mass is 10.1. The van der Waals surface area contributed by atoms with Gasteiger partial charge >= 0.3 is 0 Å². The van der Waals surface area contributed by atoms with E-state index in [2.05, 4.69) is 12.2 Å². The highest BCUT2D eigenvalue weighted by atomic mass is 19.1. The predicted molar refractivity (Wildman–Crippen MR) is 54.8 cm³/mol. The normalized spacial score (nSPS) is 12.8. The maximum Gasteiger partial charge on any atom is 0.126 e. The number of nitrogens with one attached hydrogen (secondary N) is 1. The molecule has 0 aliphatic heterocycles. The molecule has 0 radical (unpaired) electrons. The van der Waals surface area contributed by atoms with Crippen LogP contribution in [0.5, 0.6) is 5.75 Å². The summed E-state index contributed by atoms with van der Waals surface area (Å²) in [4.78, 5) is 0. The van der Waals surface area contributed by atoms with Crippen LogP contribution in [0.1, 0.15) is 31.9 Å². The van der Waals surface area contributed by atoms with Gasteiger partial charge in [-0.15, -0.1) is 0 Å². The summed E-state index contributed by atoms with van der Waals surface area (Å²) < 4.78 is 12.7. The van der Waals surface area contributed by atoms with Crippen molar-refractivity contribution in [1.29, 1.82) is 0 Å². The van der Waals surface area contributed by atoms with Gasteiger partial charge < -0.3 is 10.4 Å². The number of rotatable bonds is 4. The van der Waals surface area contributed by atoms with Crippen LogP contribution in [0.15, 0.2) is 18.2 Å². The van der Waals surface area contributed by atoms with Crippen LogP contribution in [0.3, 0.4) is 0 Å². The van der Waals surface area contributed by atoms with Crippen molar-refractivity contribution in [3.63, 3.8) is 0 Å². The van der Waals surface area contributed by atoms with E-state index in [4.69, 9.17) is 0 Å². The largest absolute Gasteiger partial charge is 0.508 e. The van der Waals surface area contributed by atoms with E-state index in [0.717, 1.165) is 24.6 Å². The monoisotopic (exact) mass is 197 g/mol. The Balaban J connectivity index is 2.74. The highest BCUT2D eigenvalue weighted by molar-refractivity contribution is 5.34. The van der Waals surface area contributed by atoms with E-state index in [1.807, 2.05) is 6.92 Å². The summed E-state index contributed by atoms with van der Waals surface area (Å²) in [6.07, 6.45) is 1.03. The van der Waals surface area contributed by atoms with Gasteiger partial charge in [-0.05, 0) is 26.0 Å². The Hall–Kier alpha value is -1.09. The van der Waals surface area contributed by atoms with E-state index in [0.29, 0.717) is 0 Å². The Morgan fingerprint density at radius 2 is 2.21 bits per heavy atom. The Bertz CT molecular complexity index is 301. The Morgan fingerprint density at radius 1 is 1.50 bits per heavy atom. The number of hydrogen-bond donors (Lipinski definition) is 2. The number of benzene rings is 1. The Labute approximate surface area is 83.8 Å². The van der Waals surface area contributed by atoms with Crippen LogP contribution in [0.2, 0.25) is 0 Å². The summed E-state index contributed by atoms with van der Waals surface area (Å²) in [5, 5.41) is 12.7. The van der Waals surface area contributed by atoms with Crippen molar-refractivity contribution in [3.05, 3.63) is 29.6 Å². The van der Waals surface area contributed by atoms with Crippen LogP contribution in [0, 0.1) is 5.82 Å². The third-order valence-electron chi connectivity index (χ3n) is 2.16. The van der Waals surface area contributed by atoms with Gasteiger partial charge in [0.2, 0.25) is 0 Å². The molecule has 1 aromatic carbocycles. The summed E-state index contributed by atoms with van der Waals surface area (Å²) >= 11 is 0. The first-order chi connectivity index (χ1) is 6.65. The summed E-state index contributed by atoms with van der Waals surface area (Å²) in [5.41, 5.74) is 0.736. The fourth-order valence-electron chi connectivity index (χ4n) is 1.35. The lowest BCUT2D eigenvalue weighted by molar-refractivity contribution is 0.447. The Kier molecular flexibility index (Phi) is 3.89. The van der Waals surface area contributed by atoms with Crippen LogP contribution in [0.4, 0.5) is 4.39 Å². The minimum absolute atomic E-state index is 0.0149. The summed E-state index contributed by atoms with van der Waals surface area (Å²) in [5.74, 6) is -0.393. The van der Waals surface area contributed by atoms with E-state index in [-0.39, 0.29) is 11.8 Å². The molecule has 1 atom stereocenters. The standard InChI is InChI=1S/C11H16FNO/c1-3-6-13-8(2)10-5-4-9(12)7-11(10)14/h4-5,7-8,13-14H,3,6H2,1-2H3. The number of phenolic OH excluding ortho intramolecular Hbond substituents is 1. The molecule has 0 amide bonds. The average Bonchev–Trinajstić information content (AvgIpc) is 2.14. The third-order valence-corrected chi connectivity index (χ3v) is 2.16. The molecule has 2 N–H and O–H groups in total. The SMILES string of the molecule is CCCNC(C)c1ccc(F)cc1O. The zero-order chi connectivity index (χ0) is 10.6. The third kappa shape index (κ3) is 2.70. The highest BCUT2D eigenvalue weighted by Gasteiger charge is 2.09. The maximum atomic E-state index is 12.7. The van der Waals surface area contributed by atoms with Gasteiger partial charge in [0.25, 0.3) is 0 Å². The van der Waals surface area contributed by atoms with Crippen molar-refractivity contribution in [2.45, 2.75) is 26.3 Å². The molecule has 14 heavy (non-hydrogen) atoms. The molecule has 0 aliphatic carbocycles. The second-order valence-corrected chi connectivity index (χ2v) is 3.38. The van der Waals surface area contributed by atoms with E-state index in [1.54, 1.807) is 6.07 Å². The zero-order valence-electron chi connectivity index (χ0n) is 8.55. The number of phenols is 1. The molecule has 1 aromatic rings. The molecule has 0 bridgehead atoms. The zero-order valence-corrected chi connectivity index (χ0v) is 8.55. The lowest BCUT2D eigenvalue weighted by Gasteiger charge is -2.14. The molecule has 78 valence electrons. The van der Waals surface area contributed by atoms with Gasteiger partial charge in [-0.25, -0.2) is 4.39 Å². The van der Waals surface area contributed by atoms with Gasteiger partial charge in [0.15, 0.2) is 0 Å². The number of halogens is 1. The molecular formula is C11H16FNO. The van der Waals surface area contributed by atoms with Gasteiger partial charge in [-0.2, -0.15) is 0 Å². The predicted octanol–water partition coefficient (Wildman–Crippen LogP) is 2.59. The van der Waals surface area contributed by atoms with Gasteiger partial charge in [0.1, 0.15) is 11.6 Å². The van der Waals surface area contributed by atoms with Crippen molar-refractivity contribution < 1.29 is 9.50 Å². The van der Waals surface area contributed by atoms with Crippen molar-refractivity contribution in [2.75, 3.05) is 6.54 Å². The van der Waals surface area contributed by atoms with Crippen molar-refractivity contribution in [3.8, 4) is 5.75 Å². The maximum absolute atomic E-state index is 12.7. The molecule has 0 saturated heterocycles. The molecule has 0 aliphatic rings. The summed E-state index contributed by atoms with van der Waals surface area (Å²) in [6.45, 7) is 4.91. The van der Waals surface area contributed by atoms with E-state index >= 15 is 0 Å². The average molecular weight is 197 g/mol. The molecular weight excluding hydrogens is 181 g/mol. The van der Waals surface area contributed by atoms with Gasteiger partial charge in [-0.1, -0.05) is 13.0 Å². The van der Waals surface area contributed by atoms with Crippen molar-refractivity contribution in [1.82, 2.24) is 5.32 Å². The molecule has 0 aromatic heterocycles. The van der Waals surface area contributed by atoms with Gasteiger partial charge in [-0.3, -0.25) is 0 Å². The molecule has 1 rings (SSSR count). The fraction of sp³-hybridized carbons (Fsp3) is 0.455.